The minimum Gasteiger partial charge on any atom is -0.508 e. The van der Waals surface area contributed by atoms with E-state index in [0.29, 0.717) is 16.7 Å². The van der Waals surface area contributed by atoms with Gasteiger partial charge in [0.25, 0.3) is 0 Å². The van der Waals surface area contributed by atoms with Gasteiger partial charge in [-0.1, -0.05) is 12.7 Å². The first-order valence-electron chi connectivity index (χ1n) is 6.58. The lowest BCUT2D eigenvalue weighted by Gasteiger charge is -2.07. The number of hydrogen-bond donors (Lipinski definition) is 5. The summed E-state index contributed by atoms with van der Waals surface area (Å²) in [5.41, 5.74) is 1.48. The minimum atomic E-state index is -4.86. The van der Waals surface area contributed by atoms with Gasteiger partial charge in [-0.2, -0.15) is 0 Å². The van der Waals surface area contributed by atoms with Gasteiger partial charge in [0.1, 0.15) is 11.3 Å². The summed E-state index contributed by atoms with van der Waals surface area (Å²) in [5.74, 6) is -1.52. The molecule has 1 aromatic heterocycles. The Labute approximate surface area is 147 Å². The molecule has 0 unspecified atom stereocenters. The van der Waals surface area contributed by atoms with Crippen LogP contribution in [0.2, 0.25) is 0 Å². The molecule has 0 atom stereocenters. The summed E-state index contributed by atoms with van der Waals surface area (Å²) in [6.07, 6.45) is 1.48. The Balaban J connectivity index is 0.00000169. The van der Waals surface area contributed by atoms with Crippen molar-refractivity contribution in [2.75, 3.05) is 0 Å². The maximum Gasteiger partial charge on any atom is 0.524 e. The molecule has 11 heteroatoms. The average Bonchev–Trinajstić information content (AvgIpc) is 2.90. The third-order valence-electron chi connectivity index (χ3n) is 3.12. The molecular weight excluding hydrogens is 368 g/mol. The van der Waals surface area contributed by atoms with Crippen molar-refractivity contribution in [2.24, 2.45) is 0 Å². The highest BCUT2D eigenvalue weighted by Gasteiger charge is 2.20. The first-order valence-corrected chi connectivity index (χ1v) is 8.11. The fraction of sp³-hybridized carbons (Fsp3) is 0. The third-order valence-corrected chi connectivity index (χ3v) is 3.55. The highest BCUT2D eigenvalue weighted by Crippen LogP contribution is 2.39. The molecule has 0 aliphatic heterocycles. The topological polar surface area (TPSA) is 183 Å². The maximum absolute atomic E-state index is 13.9. The van der Waals surface area contributed by atoms with Gasteiger partial charge in [0.2, 0.25) is 5.89 Å². The van der Waals surface area contributed by atoms with Crippen LogP contribution in [-0.4, -0.2) is 19.9 Å². The van der Waals surface area contributed by atoms with Gasteiger partial charge >= 0.3 is 7.82 Å². The molecular formula is C15H17FN3O6P. The van der Waals surface area contributed by atoms with Crippen molar-refractivity contribution in [1.82, 2.24) is 17.3 Å². The van der Waals surface area contributed by atoms with E-state index in [-0.39, 0.29) is 29.5 Å². The number of phenols is 1. The van der Waals surface area contributed by atoms with Crippen molar-refractivity contribution in [1.29, 1.82) is 0 Å². The van der Waals surface area contributed by atoms with Gasteiger partial charge in [0.05, 0.1) is 0 Å². The van der Waals surface area contributed by atoms with Crippen molar-refractivity contribution >= 4 is 25.0 Å². The zero-order chi connectivity index (χ0) is 17.5. The monoisotopic (exact) mass is 385 g/mol. The number of hydrogen-bond acceptors (Lipinski definition) is 7. The molecule has 1 heterocycles. The Morgan fingerprint density at radius 2 is 1.92 bits per heavy atom. The lowest BCUT2D eigenvalue weighted by Crippen LogP contribution is -1.93. The van der Waals surface area contributed by atoms with Crippen LogP contribution in [0.3, 0.4) is 0 Å². The SMILES string of the molecule is C=Cc1cc(O)cc2nc(-c3ccc(OP(=O)(O)O)c(F)c3)oc12.N.N. The summed E-state index contributed by atoms with van der Waals surface area (Å²) in [6, 6.07) is 6.21. The van der Waals surface area contributed by atoms with Gasteiger partial charge in [0, 0.05) is 17.2 Å². The number of halogens is 1. The van der Waals surface area contributed by atoms with Crippen LogP contribution in [0, 0.1) is 5.82 Å². The van der Waals surface area contributed by atoms with Gasteiger partial charge in [0.15, 0.2) is 17.1 Å². The molecule has 0 radical (unpaired) electrons. The smallest absolute Gasteiger partial charge is 0.508 e. The van der Waals surface area contributed by atoms with Crippen molar-refractivity contribution in [3.8, 4) is 23.0 Å². The van der Waals surface area contributed by atoms with E-state index in [1.807, 2.05) is 0 Å². The number of nitrogens with zero attached hydrogens (tertiary/aromatic N) is 1. The van der Waals surface area contributed by atoms with Crippen LogP contribution in [0.25, 0.3) is 28.6 Å². The number of rotatable bonds is 4. The van der Waals surface area contributed by atoms with Gasteiger partial charge < -0.3 is 26.3 Å². The van der Waals surface area contributed by atoms with E-state index < -0.39 is 19.4 Å². The standard InChI is InChI=1S/C15H11FNO6P.2H3N/c1-2-8-5-10(18)7-12-14(8)22-15(17-12)9-3-4-13(11(16)6-9)23-24(19,20)21;;/h2-7,18H,1H2,(H2,19,20,21);2*1H3. The van der Waals surface area contributed by atoms with Crippen molar-refractivity contribution < 1.29 is 32.8 Å². The third kappa shape index (κ3) is 4.26. The normalized spacial score (nSPS) is 10.7. The summed E-state index contributed by atoms with van der Waals surface area (Å²) < 4.78 is 34.5. The maximum atomic E-state index is 13.9. The van der Waals surface area contributed by atoms with Crippen molar-refractivity contribution in [3.05, 3.63) is 48.3 Å². The highest BCUT2D eigenvalue weighted by atomic mass is 31.2. The molecule has 9 nitrogen and oxygen atoms in total. The first kappa shape index (κ1) is 21.3. The van der Waals surface area contributed by atoms with Gasteiger partial charge in [-0.05, 0) is 24.3 Å². The molecule has 9 N–H and O–H groups in total. The fourth-order valence-electron chi connectivity index (χ4n) is 2.15. The second kappa shape index (κ2) is 7.65. The quantitative estimate of drug-likeness (QED) is 0.417. The second-order valence-electron chi connectivity index (χ2n) is 4.83. The Bertz CT molecular complexity index is 1000. The summed E-state index contributed by atoms with van der Waals surface area (Å²) in [7, 11) is -4.86. The van der Waals surface area contributed by atoms with Crippen LogP contribution >= 0.6 is 7.82 Å². The molecule has 26 heavy (non-hydrogen) atoms. The first-order chi connectivity index (χ1) is 11.3. The van der Waals surface area contributed by atoms with Gasteiger partial charge in [-0.15, -0.1) is 0 Å². The van der Waals surface area contributed by atoms with Crippen molar-refractivity contribution in [2.45, 2.75) is 0 Å². The lowest BCUT2D eigenvalue weighted by molar-refractivity contribution is 0.278. The number of benzene rings is 2. The fourth-order valence-corrected chi connectivity index (χ4v) is 2.56. The molecule has 0 bridgehead atoms. The minimum absolute atomic E-state index is 0. The summed E-state index contributed by atoms with van der Waals surface area (Å²) in [5, 5.41) is 9.63. The largest absolute Gasteiger partial charge is 0.524 e. The number of phosphoric acid groups is 1. The zero-order valence-corrected chi connectivity index (χ0v) is 14.3. The average molecular weight is 385 g/mol. The molecule has 0 spiro atoms. The van der Waals surface area contributed by atoms with E-state index in [4.69, 9.17) is 14.2 Å². The van der Waals surface area contributed by atoms with E-state index in [2.05, 4.69) is 16.1 Å². The number of phenolic OH excluding ortho intramolecular Hbond substituents is 1. The molecule has 3 aromatic rings. The van der Waals surface area contributed by atoms with E-state index >= 15 is 0 Å². The molecule has 0 saturated heterocycles. The van der Waals surface area contributed by atoms with Crippen molar-refractivity contribution in [3.63, 3.8) is 0 Å². The number of aromatic hydroxyl groups is 1. The Kier molecular flexibility index (Phi) is 6.26. The predicted octanol–water partition coefficient (Wildman–Crippen LogP) is 3.78. The molecule has 0 aliphatic rings. The number of fused-ring (bicyclic) bond motifs is 1. The van der Waals surface area contributed by atoms with Crippen LogP contribution in [0.5, 0.6) is 11.5 Å². The Hall–Kier alpha value is -2.75. The van der Waals surface area contributed by atoms with E-state index in [9.17, 15) is 14.1 Å². The lowest BCUT2D eigenvalue weighted by atomic mass is 10.2. The van der Waals surface area contributed by atoms with Gasteiger partial charge in [-0.25, -0.2) is 13.9 Å². The predicted molar refractivity (Wildman–Crippen MR) is 93.9 cm³/mol. The number of aromatic nitrogens is 1. The van der Waals surface area contributed by atoms with Crippen LogP contribution in [0.1, 0.15) is 5.56 Å². The molecule has 0 saturated carbocycles. The molecule has 0 aliphatic carbocycles. The number of phosphoric ester groups is 1. The highest BCUT2D eigenvalue weighted by molar-refractivity contribution is 7.46. The van der Waals surface area contributed by atoms with Crippen LogP contribution in [-0.2, 0) is 4.57 Å². The van der Waals surface area contributed by atoms with Gasteiger partial charge in [-0.3, -0.25) is 9.79 Å². The molecule has 2 aromatic carbocycles. The van der Waals surface area contributed by atoms with Crippen LogP contribution < -0.4 is 16.8 Å². The molecule has 140 valence electrons. The summed E-state index contributed by atoms with van der Waals surface area (Å²) >= 11 is 0. The van der Waals surface area contributed by atoms with Crippen LogP contribution in [0.15, 0.2) is 41.3 Å². The zero-order valence-electron chi connectivity index (χ0n) is 13.4. The summed E-state index contributed by atoms with van der Waals surface area (Å²) in [6.45, 7) is 3.61. The molecule has 0 fully saturated rings. The van der Waals surface area contributed by atoms with E-state index in [1.165, 1.54) is 24.3 Å². The molecule has 0 amide bonds. The van der Waals surface area contributed by atoms with E-state index in [1.54, 1.807) is 0 Å². The van der Waals surface area contributed by atoms with Crippen LogP contribution in [0.4, 0.5) is 4.39 Å². The Morgan fingerprint density at radius 3 is 2.50 bits per heavy atom. The molecule has 3 rings (SSSR count). The van der Waals surface area contributed by atoms with E-state index in [0.717, 1.165) is 12.1 Å². The summed E-state index contributed by atoms with van der Waals surface area (Å²) in [4.78, 5) is 21.6. The number of oxazole rings is 1. The second-order valence-corrected chi connectivity index (χ2v) is 6.00. The Morgan fingerprint density at radius 1 is 1.23 bits per heavy atom.